The normalized spacial score (nSPS) is 17.0. The monoisotopic (exact) mass is 451 g/mol. The van der Waals surface area contributed by atoms with Crippen LogP contribution in [-0.4, -0.2) is 51.4 Å². The van der Waals surface area contributed by atoms with Crippen LogP contribution in [0.2, 0.25) is 0 Å². The maximum Gasteiger partial charge on any atom is 0.494 e. The van der Waals surface area contributed by atoms with E-state index in [0.717, 1.165) is 16.7 Å². The highest BCUT2D eigenvalue weighted by molar-refractivity contribution is 6.62. The van der Waals surface area contributed by atoms with Gasteiger partial charge in [-0.1, -0.05) is 24.3 Å². The lowest BCUT2D eigenvalue weighted by molar-refractivity contribution is 0.00578. The fourth-order valence-corrected chi connectivity index (χ4v) is 3.33. The number of hydrogen-bond acceptors (Lipinski definition) is 5. The Morgan fingerprint density at radius 2 is 1.79 bits per heavy atom. The Balaban J connectivity index is 1.70. The molecule has 0 aliphatic carbocycles. The maximum absolute atomic E-state index is 12.6. The summed E-state index contributed by atoms with van der Waals surface area (Å²) in [5.74, 6) is 3.23. The highest BCUT2D eigenvalue weighted by Gasteiger charge is 2.51. The number of H-pyrrole nitrogens is 1. The molecule has 1 fully saturated rings. The molecule has 1 aromatic carbocycles. The van der Waals surface area contributed by atoms with Crippen molar-refractivity contribution in [2.24, 2.45) is 0 Å². The molecule has 1 aliphatic heterocycles. The lowest BCUT2D eigenvalue weighted by Crippen LogP contribution is -2.41. The Morgan fingerprint density at radius 1 is 1.18 bits per heavy atom. The van der Waals surface area contributed by atoms with Crippen molar-refractivity contribution >= 4 is 18.7 Å². The van der Waals surface area contributed by atoms with E-state index >= 15 is 0 Å². The van der Waals surface area contributed by atoms with E-state index < -0.39 is 18.8 Å². The zero-order valence-corrected chi connectivity index (χ0v) is 20.7. The molecule has 0 radical (unpaired) electrons. The van der Waals surface area contributed by atoms with Gasteiger partial charge in [0.25, 0.3) is 0 Å². The summed E-state index contributed by atoms with van der Waals surface area (Å²) in [4.78, 5) is 21.9. The third-order valence-electron chi connectivity index (χ3n) is 5.89. The summed E-state index contributed by atoms with van der Waals surface area (Å²) < 4.78 is 17.8. The first kappa shape index (κ1) is 24.9. The van der Waals surface area contributed by atoms with Crippen LogP contribution in [0.3, 0.4) is 0 Å². The number of hydrogen-bond donors (Lipinski definition) is 1. The average molecular weight is 451 g/mol. The van der Waals surface area contributed by atoms with Crippen LogP contribution >= 0.6 is 0 Å². The van der Waals surface area contributed by atoms with Crippen LogP contribution in [0.15, 0.2) is 30.5 Å². The molecule has 1 aliphatic rings. The van der Waals surface area contributed by atoms with Crippen molar-refractivity contribution in [3.8, 4) is 23.6 Å². The van der Waals surface area contributed by atoms with Crippen LogP contribution in [0.1, 0.15) is 60.7 Å². The molecule has 1 saturated heterocycles. The van der Waals surface area contributed by atoms with Gasteiger partial charge in [0.15, 0.2) is 0 Å². The zero-order chi connectivity index (χ0) is 24.4. The second kappa shape index (κ2) is 9.24. The number of imidazole rings is 1. The first-order chi connectivity index (χ1) is 15.3. The van der Waals surface area contributed by atoms with E-state index in [1.165, 1.54) is 0 Å². The van der Waals surface area contributed by atoms with Crippen LogP contribution in [0.4, 0.5) is 4.79 Å². The number of aromatic nitrogens is 2. The van der Waals surface area contributed by atoms with Crippen molar-refractivity contribution in [3.05, 3.63) is 36.3 Å². The smallest absolute Gasteiger partial charge is 0.444 e. The molecule has 2 heterocycles. The Bertz CT molecular complexity index is 1000. The van der Waals surface area contributed by atoms with Gasteiger partial charge in [0, 0.05) is 13.0 Å². The van der Waals surface area contributed by atoms with Crippen molar-refractivity contribution < 1.29 is 18.8 Å². The molecule has 0 saturated carbocycles. The van der Waals surface area contributed by atoms with E-state index in [1.807, 2.05) is 72.7 Å². The van der Waals surface area contributed by atoms with Gasteiger partial charge in [-0.3, -0.25) is 4.90 Å². The van der Waals surface area contributed by atoms with Crippen molar-refractivity contribution in [2.75, 3.05) is 6.54 Å². The van der Waals surface area contributed by atoms with Gasteiger partial charge in [0.05, 0.1) is 29.6 Å². The number of carbonyl (C=O) groups is 1. The maximum atomic E-state index is 12.6. The molecule has 1 amide bonds. The van der Waals surface area contributed by atoms with Gasteiger partial charge in [-0.15, -0.1) is 12.3 Å². The van der Waals surface area contributed by atoms with Crippen LogP contribution in [-0.2, 0) is 20.6 Å². The number of benzene rings is 1. The van der Waals surface area contributed by atoms with Crippen molar-refractivity contribution in [1.29, 1.82) is 0 Å². The van der Waals surface area contributed by atoms with E-state index in [0.29, 0.717) is 18.8 Å². The average Bonchev–Trinajstić information content (AvgIpc) is 3.25. The largest absolute Gasteiger partial charge is 0.494 e. The molecule has 0 atom stereocenters. The number of aromatic amines is 1. The molecule has 7 nitrogen and oxygen atoms in total. The minimum Gasteiger partial charge on any atom is -0.444 e. The highest BCUT2D eigenvalue weighted by Crippen LogP contribution is 2.36. The van der Waals surface area contributed by atoms with Gasteiger partial charge in [-0.25, -0.2) is 9.78 Å². The second-order valence-corrected chi connectivity index (χ2v) is 10.3. The van der Waals surface area contributed by atoms with E-state index in [1.54, 1.807) is 11.1 Å². The molecular weight excluding hydrogens is 417 g/mol. The van der Waals surface area contributed by atoms with Gasteiger partial charge >= 0.3 is 13.2 Å². The Morgan fingerprint density at radius 3 is 2.33 bits per heavy atom. The number of terminal acetylenes is 1. The summed E-state index contributed by atoms with van der Waals surface area (Å²) in [5, 5.41) is 0. The standard InChI is InChI=1S/C25H34BN3O4/c1-9-10-15-29(22(30)31-23(2,3)4)17-21-27-16-20(28-21)18-11-13-19(14-12-18)26-32-24(5,6)25(7,8)33-26/h1,11-14,16H,10,15,17H2,2-8H3,(H,27,28). The molecular formula is C25H34BN3O4. The fourth-order valence-electron chi connectivity index (χ4n) is 3.33. The summed E-state index contributed by atoms with van der Waals surface area (Å²) in [7, 11) is -0.403. The molecule has 8 heteroatoms. The van der Waals surface area contributed by atoms with Crippen molar-refractivity contribution in [3.63, 3.8) is 0 Å². The number of ether oxygens (including phenoxy) is 1. The summed E-state index contributed by atoms with van der Waals surface area (Å²) >= 11 is 0. The number of rotatable bonds is 6. The lowest BCUT2D eigenvalue weighted by atomic mass is 9.79. The third-order valence-corrected chi connectivity index (χ3v) is 5.89. The molecule has 1 aromatic heterocycles. The van der Waals surface area contributed by atoms with Crippen LogP contribution in [0.5, 0.6) is 0 Å². The van der Waals surface area contributed by atoms with E-state index in [-0.39, 0.29) is 17.7 Å². The van der Waals surface area contributed by atoms with E-state index in [4.69, 9.17) is 20.5 Å². The Labute approximate surface area is 197 Å². The van der Waals surface area contributed by atoms with Crippen LogP contribution < -0.4 is 5.46 Å². The molecule has 1 N–H and O–H groups in total. The molecule has 0 unspecified atom stereocenters. The van der Waals surface area contributed by atoms with Crippen LogP contribution in [0, 0.1) is 12.3 Å². The molecule has 2 aromatic rings. The summed E-state index contributed by atoms with van der Waals surface area (Å²) in [6.07, 6.45) is 7.18. The Hall–Kier alpha value is -2.76. The van der Waals surface area contributed by atoms with Crippen molar-refractivity contribution in [1.82, 2.24) is 14.9 Å². The topological polar surface area (TPSA) is 76.7 Å². The van der Waals surface area contributed by atoms with Gasteiger partial charge in [0.1, 0.15) is 11.4 Å². The fraction of sp³-hybridized carbons (Fsp3) is 0.520. The summed E-state index contributed by atoms with van der Waals surface area (Å²) in [6.45, 7) is 14.3. The number of nitrogens with zero attached hydrogens (tertiary/aromatic N) is 2. The number of nitrogens with one attached hydrogen (secondary N) is 1. The molecule has 3 rings (SSSR count). The molecule has 0 spiro atoms. The predicted octanol–water partition coefficient (Wildman–Crippen LogP) is 4.14. The van der Waals surface area contributed by atoms with Crippen molar-refractivity contribution in [2.45, 2.75) is 78.2 Å². The third kappa shape index (κ3) is 5.98. The SMILES string of the molecule is C#CCCN(Cc1ncc(-c2ccc(B3OC(C)(C)C(C)(C)O3)cc2)[nH]1)C(=O)OC(C)(C)C. The van der Waals surface area contributed by atoms with Crippen LogP contribution in [0.25, 0.3) is 11.3 Å². The minimum absolute atomic E-state index is 0.280. The van der Waals surface area contributed by atoms with Gasteiger partial charge in [-0.05, 0) is 59.5 Å². The lowest BCUT2D eigenvalue weighted by Gasteiger charge is -2.32. The second-order valence-electron chi connectivity index (χ2n) is 10.3. The summed E-state index contributed by atoms with van der Waals surface area (Å²) in [5.41, 5.74) is 1.44. The summed E-state index contributed by atoms with van der Waals surface area (Å²) in [6, 6.07) is 8.00. The number of carbonyl (C=O) groups excluding carboxylic acids is 1. The quantitative estimate of drug-likeness (QED) is 0.528. The molecule has 0 bridgehead atoms. The molecule has 33 heavy (non-hydrogen) atoms. The minimum atomic E-state index is -0.585. The zero-order valence-electron chi connectivity index (χ0n) is 20.7. The van der Waals surface area contributed by atoms with Gasteiger partial charge in [-0.2, -0.15) is 0 Å². The van der Waals surface area contributed by atoms with Gasteiger partial charge < -0.3 is 19.0 Å². The Kier molecular flexibility index (Phi) is 6.97. The first-order valence-corrected chi connectivity index (χ1v) is 11.2. The van der Waals surface area contributed by atoms with Gasteiger partial charge in [0.2, 0.25) is 0 Å². The van der Waals surface area contributed by atoms with E-state index in [2.05, 4.69) is 15.9 Å². The first-order valence-electron chi connectivity index (χ1n) is 11.2. The predicted molar refractivity (Wildman–Crippen MR) is 130 cm³/mol. The highest BCUT2D eigenvalue weighted by atomic mass is 16.7. The molecule has 176 valence electrons. The van der Waals surface area contributed by atoms with E-state index in [9.17, 15) is 4.79 Å². The number of amides is 1.